The average molecular weight is 269 g/mol. The Morgan fingerprint density at radius 3 is 2.67 bits per heavy atom. The second-order valence-corrected chi connectivity index (χ2v) is 6.83. The van der Waals surface area contributed by atoms with E-state index in [2.05, 4.69) is 0 Å². The summed E-state index contributed by atoms with van der Waals surface area (Å²) >= 11 is 0. The molecule has 1 saturated heterocycles. The van der Waals surface area contributed by atoms with Crippen LogP contribution in [0.1, 0.15) is 25.2 Å². The van der Waals surface area contributed by atoms with Gasteiger partial charge < -0.3 is 9.05 Å². The van der Waals surface area contributed by atoms with E-state index in [1.165, 1.54) is 0 Å². The van der Waals surface area contributed by atoms with E-state index in [0.29, 0.717) is 6.61 Å². The van der Waals surface area contributed by atoms with Crippen LogP contribution >= 0.6 is 7.60 Å². The minimum Gasteiger partial charge on any atom is -0.306 e. The van der Waals surface area contributed by atoms with E-state index in [4.69, 9.17) is 9.05 Å². The van der Waals surface area contributed by atoms with Gasteiger partial charge in [-0.3, -0.25) is 9.46 Å². The number of benzene rings is 1. The van der Waals surface area contributed by atoms with Crippen molar-refractivity contribution in [3.8, 4) is 0 Å². The van der Waals surface area contributed by atoms with Crippen LogP contribution in [-0.4, -0.2) is 31.2 Å². The van der Waals surface area contributed by atoms with Crippen molar-refractivity contribution in [2.75, 3.05) is 20.2 Å². The molecule has 0 unspecified atom stereocenters. The van der Waals surface area contributed by atoms with E-state index in [9.17, 15) is 4.57 Å². The molecule has 1 heterocycles. The van der Waals surface area contributed by atoms with Crippen molar-refractivity contribution >= 4 is 7.60 Å². The number of hydrogen-bond donors (Lipinski definition) is 0. The van der Waals surface area contributed by atoms with Crippen LogP contribution in [-0.2, 0) is 13.6 Å². The summed E-state index contributed by atoms with van der Waals surface area (Å²) in [7, 11) is -1.18. The first kappa shape index (κ1) is 13.8. The van der Waals surface area contributed by atoms with Crippen LogP contribution in [0.25, 0.3) is 0 Å². The van der Waals surface area contributed by atoms with Crippen molar-refractivity contribution in [3.63, 3.8) is 0 Å². The fraction of sp³-hybridized carbons (Fsp3) is 0.538. The fourth-order valence-electron chi connectivity index (χ4n) is 2.19. The van der Waals surface area contributed by atoms with Gasteiger partial charge >= 0.3 is 7.60 Å². The van der Waals surface area contributed by atoms with Crippen molar-refractivity contribution in [2.24, 2.45) is 0 Å². The van der Waals surface area contributed by atoms with Crippen molar-refractivity contribution in [1.29, 1.82) is 0 Å². The molecule has 1 aromatic rings. The van der Waals surface area contributed by atoms with Gasteiger partial charge in [-0.2, -0.15) is 0 Å². The summed E-state index contributed by atoms with van der Waals surface area (Å²) in [4.78, 5) is 2.04. The van der Waals surface area contributed by atoms with Crippen molar-refractivity contribution < 1.29 is 13.6 Å². The highest BCUT2D eigenvalue weighted by Crippen LogP contribution is 2.64. The maximum atomic E-state index is 12.9. The molecule has 0 bridgehead atoms. The molecule has 0 radical (unpaired) electrons. The number of rotatable bonds is 3. The highest BCUT2D eigenvalue weighted by atomic mass is 31.2. The molecule has 1 aliphatic rings. The predicted octanol–water partition coefficient (Wildman–Crippen LogP) is 3.27. The van der Waals surface area contributed by atoms with Gasteiger partial charge in [-0.05, 0) is 26.5 Å². The van der Waals surface area contributed by atoms with E-state index < -0.39 is 7.60 Å². The van der Waals surface area contributed by atoms with Gasteiger partial charge in [0, 0.05) is 6.54 Å². The van der Waals surface area contributed by atoms with Crippen LogP contribution in [0.3, 0.4) is 0 Å². The second kappa shape index (κ2) is 5.54. The minimum atomic E-state index is -3.13. The first-order valence-electron chi connectivity index (χ1n) is 6.21. The Hall–Kier alpha value is -0.670. The maximum Gasteiger partial charge on any atom is 0.352 e. The van der Waals surface area contributed by atoms with Crippen LogP contribution in [0.2, 0.25) is 0 Å². The van der Waals surface area contributed by atoms with Gasteiger partial charge in [0.2, 0.25) is 0 Å². The first-order chi connectivity index (χ1) is 8.53. The molecular formula is C13H20NO3P. The Balaban J connectivity index is 2.35. The summed E-state index contributed by atoms with van der Waals surface area (Å²) in [5.74, 6) is -0.310. The Morgan fingerprint density at radius 2 is 2.06 bits per heavy atom. The van der Waals surface area contributed by atoms with E-state index in [1.54, 1.807) is 0 Å². The zero-order valence-electron chi connectivity index (χ0n) is 11.1. The summed E-state index contributed by atoms with van der Waals surface area (Å²) in [6, 6.07) is 9.76. The smallest absolute Gasteiger partial charge is 0.306 e. The lowest BCUT2D eigenvalue weighted by molar-refractivity contribution is 0.0968. The Bertz CT molecular complexity index is 435. The molecular weight excluding hydrogens is 249 g/mol. The molecule has 0 N–H and O–H groups in total. The molecule has 2 atom stereocenters. The molecule has 0 amide bonds. The van der Waals surface area contributed by atoms with Gasteiger partial charge in [0.15, 0.2) is 0 Å². The van der Waals surface area contributed by atoms with Crippen LogP contribution < -0.4 is 0 Å². The lowest BCUT2D eigenvalue weighted by Crippen LogP contribution is -2.34. The van der Waals surface area contributed by atoms with Gasteiger partial charge in [-0.1, -0.05) is 30.3 Å². The Morgan fingerprint density at radius 1 is 1.39 bits per heavy atom. The maximum absolute atomic E-state index is 12.9. The molecule has 1 fully saturated rings. The summed E-state index contributed by atoms with van der Waals surface area (Å²) in [6.07, 6.45) is -0.117. The quantitative estimate of drug-likeness (QED) is 0.789. The van der Waals surface area contributed by atoms with Crippen molar-refractivity contribution in [3.05, 3.63) is 35.9 Å². The van der Waals surface area contributed by atoms with Gasteiger partial charge in [-0.25, -0.2) is 0 Å². The van der Waals surface area contributed by atoms with Gasteiger partial charge in [0.25, 0.3) is 0 Å². The second-order valence-electron chi connectivity index (χ2n) is 4.79. The Kier molecular flexibility index (Phi) is 4.23. The topological polar surface area (TPSA) is 38.8 Å². The number of nitrogens with zero attached hydrogens (tertiary/aromatic N) is 1. The van der Waals surface area contributed by atoms with Crippen LogP contribution in [0.4, 0.5) is 0 Å². The molecule has 0 aliphatic carbocycles. The molecule has 5 heteroatoms. The zero-order valence-corrected chi connectivity index (χ0v) is 12.0. The summed E-state index contributed by atoms with van der Waals surface area (Å²) in [5.41, 5.74) is 0.976. The third kappa shape index (κ3) is 2.83. The van der Waals surface area contributed by atoms with Crippen molar-refractivity contribution in [1.82, 2.24) is 4.90 Å². The summed E-state index contributed by atoms with van der Waals surface area (Å²) in [6.45, 7) is 4.95. The average Bonchev–Trinajstić information content (AvgIpc) is 2.28. The summed E-state index contributed by atoms with van der Waals surface area (Å²) in [5, 5.41) is 0. The molecule has 18 heavy (non-hydrogen) atoms. The molecule has 100 valence electrons. The highest BCUT2D eigenvalue weighted by molar-refractivity contribution is 7.54. The summed E-state index contributed by atoms with van der Waals surface area (Å²) < 4.78 is 24.0. The first-order valence-corrected chi connectivity index (χ1v) is 7.82. The van der Waals surface area contributed by atoms with E-state index >= 15 is 0 Å². The molecule has 1 aliphatic heterocycles. The van der Waals surface area contributed by atoms with Crippen LogP contribution in [0.15, 0.2) is 30.3 Å². The van der Waals surface area contributed by atoms with Crippen molar-refractivity contribution in [2.45, 2.75) is 25.7 Å². The zero-order chi connectivity index (χ0) is 13.2. The normalized spacial score (nSPS) is 29.7. The molecule has 1 aromatic carbocycles. The van der Waals surface area contributed by atoms with Gasteiger partial charge in [0.1, 0.15) is 5.78 Å². The minimum absolute atomic E-state index is 0.117. The third-order valence-electron chi connectivity index (χ3n) is 2.89. The van der Waals surface area contributed by atoms with Gasteiger partial charge in [0.05, 0.1) is 12.7 Å². The number of hydrogen-bond acceptors (Lipinski definition) is 4. The third-order valence-corrected chi connectivity index (χ3v) is 5.44. The van der Waals surface area contributed by atoms with Crippen LogP contribution in [0.5, 0.6) is 0 Å². The Labute approximate surface area is 108 Å². The highest BCUT2D eigenvalue weighted by Gasteiger charge is 2.43. The van der Waals surface area contributed by atoms with Crippen LogP contribution in [0, 0.1) is 0 Å². The fourth-order valence-corrected chi connectivity index (χ4v) is 4.57. The SMILES string of the molecule is CC(C)O[P@@]1(=O)OCCN(C)[C@@H]1c1ccccc1. The largest absolute Gasteiger partial charge is 0.352 e. The lowest BCUT2D eigenvalue weighted by Gasteiger charge is -2.38. The van der Waals surface area contributed by atoms with Gasteiger partial charge in [-0.15, -0.1) is 0 Å². The number of likely N-dealkylation sites (N-methyl/N-ethyl adjacent to an activating group) is 1. The standard InChI is InChI=1S/C13H20NO3P/c1-11(2)17-18(15)13(14(3)9-10-16-18)12-7-5-4-6-8-12/h4-8,11,13H,9-10H2,1-3H3/t13-,18-/m0/s1. The van der Waals surface area contributed by atoms with E-state index in [0.717, 1.165) is 12.1 Å². The van der Waals surface area contributed by atoms with E-state index in [-0.39, 0.29) is 11.9 Å². The van der Waals surface area contributed by atoms with E-state index in [1.807, 2.05) is 56.1 Å². The molecule has 0 spiro atoms. The molecule has 0 saturated carbocycles. The molecule has 4 nitrogen and oxygen atoms in total. The predicted molar refractivity (Wildman–Crippen MR) is 71.6 cm³/mol. The molecule has 0 aromatic heterocycles. The molecule has 2 rings (SSSR count). The monoisotopic (exact) mass is 269 g/mol. The lowest BCUT2D eigenvalue weighted by atomic mass is 10.2.